The second-order valence-electron chi connectivity index (χ2n) is 6.90. The van der Waals surface area contributed by atoms with Crippen LogP contribution in [0, 0.1) is 0 Å². The number of hydrogen-bond donors (Lipinski definition) is 0. The van der Waals surface area contributed by atoms with E-state index < -0.39 is 0 Å². The van der Waals surface area contributed by atoms with Gasteiger partial charge in [0.1, 0.15) is 0 Å². The van der Waals surface area contributed by atoms with Crippen molar-refractivity contribution in [2.24, 2.45) is 7.05 Å². The molecule has 4 heterocycles. The van der Waals surface area contributed by atoms with Crippen molar-refractivity contribution in [2.75, 3.05) is 6.54 Å². The van der Waals surface area contributed by atoms with Crippen molar-refractivity contribution in [1.29, 1.82) is 0 Å². The van der Waals surface area contributed by atoms with Crippen LogP contribution in [0.2, 0.25) is 0 Å². The molecule has 0 atom stereocenters. The number of rotatable bonds is 3. The highest BCUT2D eigenvalue weighted by Gasteiger charge is 2.30. The summed E-state index contributed by atoms with van der Waals surface area (Å²) in [6.07, 6.45) is 3.97. The lowest BCUT2D eigenvalue weighted by Gasteiger charge is -2.27. The largest absolute Gasteiger partial charge is 0.334 e. The minimum absolute atomic E-state index is 0.0247. The second-order valence-corrected chi connectivity index (χ2v) is 6.90. The minimum Gasteiger partial charge on any atom is -0.334 e. The number of nitrogens with zero attached hydrogens (tertiary/aromatic N) is 6. The molecule has 0 spiro atoms. The zero-order valence-electron chi connectivity index (χ0n) is 15.8. The van der Waals surface area contributed by atoms with Gasteiger partial charge in [0.2, 0.25) is 5.82 Å². The number of aromatic nitrogens is 5. The normalized spacial score (nSPS) is 13.3. The molecule has 1 amide bonds. The van der Waals surface area contributed by atoms with Crippen LogP contribution in [-0.4, -0.2) is 42.3 Å². The van der Waals surface area contributed by atoms with E-state index >= 15 is 0 Å². The summed E-state index contributed by atoms with van der Waals surface area (Å²) in [6.45, 7) is 1.08. The maximum atomic E-state index is 12.9. The lowest BCUT2D eigenvalue weighted by atomic mass is 10.0. The van der Waals surface area contributed by atoms with Crippen LogP contribution in [-0.2, 0) is 20.0 Å². The van der Waals surface area contributed by atoms with Gasteiger partial charge in [0.05, 0.1) is 6.54 Å². The monoisotopic (exact) mass is 386 g/mol. The molecule has 0 aliphatic carbocycles. The number of pyridine rings is 1. The Morgan fingerprint density at radius 1 is 1.10 bits per heavy atom. The SMILES string of the molecule is Cn1nc(-c2nc(-c3ccccc3)no2)c2c1CCN(C(=O)c1ccncc1)C2. The lowest BCUT2D eigenvalue weighted by Crippen LogP contribution is -2.36. The summed E-state index contributed by atoms with van der Waals surface area (Å²) in [5.41, 5.74) is 4.16. The number of carbonyl (C=O) groups excluding carboxylic acids is 1. The van der Waals surface area contributed by atoms with Gasteiger partial charge in [-0.25, -0.2) is 0 Å². The zero-order chi connectivity index (χ0) is 19.8. The van der Waals surface area contributed by atoms with E-state index in [4.69, 9.17) is 4.52 Å². The summed E-state index contributed by atoms with van der Waals surface area (Å²) in [7, 11) is 1.90. The third kappa shape index (κ3) is 3.08. The predicted octanol–water partition coefficient (Wildman–Crippen LogP) is 2.73. The first-order chi connectivity index (χ1) is 14.2. The van der Waals surface area contributed by atoms with Crippen LogP contribution in [0.4, 0.5) is 0 Å². The Morgan fingerprint density at radius 2 is 1.90 bits per heavy atom. The molecule has 8 heteroatoms. The molecule has 1 aliphatic rings. The third-order valence-electron chi connectivity index (χ3n) is 5.12. The Hall–Kier alpha value is -3.81. The van der Waals surface area contributed by atoms with E-state index in [0.717, 1.165) is 23.2 Å². The highest BCUT2D eigenvalue weighted by atomic mass is 16.5. The van der Waals surface area contributed by atoms with Crippen LogP contribution in [0.3, 0.4) is 0 Å². The highest BCUT2D eigenvalue weighted by Crippen LogP contribution is 2.30. The van der Waals surface area contributed by atoms with Crippen LogP contribution in [0.25, 0.3) is 23.0 Å². The summed E-state index contributed by atoms with van der Waals surface area (Å²) in [5, 5.41) is 8.71. The van der Waals surface area contributed by atoms with Gasteiger partial charge in [0.25, 0.3) is 11.8 Å². The molecular formula is C21H18N6O2. The maximum Gasteiger partial charge on any atom is 0.279 e. The summed E-state index contributed by atoms with van der Waals surface area (Å²) < 4.78 is 7.35. The molecule has 5 rings (SSSR count). The number of aryl methyl sites for hydroxylation is 1. The first-order valence-corrected chi connectivity index (χ1v) is 9.34. The van der Waals surface area contributed by atoms with Gasteiger partial charge in [-0.15, -0.1) is 0 Å². The van der Waals surface area contributed by atoms with Gasteiger partial charge in [0, 0.05) is 54.8 Å². The predicted molar refractivity (Wildman–Crippen MR) is 105 cm³/mol. The van der Waals surface area contributed by atoms with Crippen LogP contribution in [0.5, 0.6) is 0 Å². The van der Waals surface area contributed by atoms with E-state index in [1.807, 2.05) is 47.0 Å². The number of amides is 1. The lowest BCUT2D eigenvalue weighted by molar-refractivity contribution is 0.0733. The van der Waals surface area contributed by atoms with Crippen molar-refractivity contribution in [1.82, 2.24) is 29.8 Å². The molecule has 0 bridgehead atoms. The molecule has 3 aromatic heterocycles. The number of carbonyl (C=O) groups is 1. The average molecular weight is 386 g/mol. The molecule has 0 saturated heterocycles. The van der Waals surface area contributed by atoms with Gasteiger partial charge in [-0.2, -0.15) is 10.1 Å². The molecule has 0 N–H and O–H groups in total. The van der Waals surface area contributed by atoms with Crippen molar-refractivity contribution >= 4 is 5.91 Å². The van der Waals surface area contributed by atoms with Gasteiger partial charge in [-0.1, -0.05) is 35.5 Å². The van der Waals surface area contributed by atoms with E-state index in [1.165, 1.54) is 0 Å². The van der Waals surface area contributed by atoms with Crippen LogP contribution in [0.1, 0.15) is 21.6 Å². The van der Waals surface area contributed by atoms with Crippen LogP contribution < -0.4 is 0 Å². The molecule has 0 saturated carbocycles. The topological polar surface area (TPSA) is 89.9 Å². The molecule has 0 radical (unpaired) electrons. The van der Waals surface area contributed by atoms with E-state index in [0.29, 0.717) is 36.1 Å². The average Bonchev–Trinajstić information content (AvgIpc) is 3.39. The van der Waals surface area contributed by atoms with Crippen molar-refractivity contribution in [3.8, 4) is 23.0 Å². The van der Waals surface area contributed by atoms with Gasteiger partial charge in [-0.05, 0) is 12.1 Å². The molecular weight excluding hydrogens is 368 g/mol. The summed E-state index contributed by atoms with van der Waals surface area (Å²) in [5.74, 6) is 0.850. The minimum atomic E-state index is -0.0247. The number of fused-ring (bicyclic) bond motifs is 1. The summed E-state index contributed by atoms with van der Waals surface area (Å²) in [4.78, 5) is 23.2. The Bertz CT molecular complexity index is 1170. The third-order valence-corrected chi connectivity index (χ3v) is 5.12. The fourth-order valence-electron chi connectivity index (χ4n) is 3.64. The quantitative estimate of drug-likeness (QED) is 0.538. The van der Waals surface area contributed by atoms with Crippen molar-refractivity contribution in [3.63, 3.8) is 0 Å². The summed E-state index contributed by atoms with van der Waals surface area (Å²) >= 11 is 0. The standard InChI is InChI=1S/C21H18N6O2/c1-26-17-9-12-27(21(28)15-7-10-22-11-8-15)13-16(17)18(24-26)20-23-19(25-29-20)14-5-3-2-4-6-14/h2-8,10-11H,9,12-13H2,1H3. The van der Waals surface area contributed by atoms with E-state index in [1.54, 1.807) is 24.5 Å². The molecule has 0 fully saturated rings. The van der Waals surface area contributed by atoms with Gasteiger partial charge in [0.15, 0.2) is 5.69 Å². The fourth-order valence-corrected chi connectivity index (χ4v) is 3.64. The molecule has 8 nitrogen and oxygen atoms in total. The van der Waals surface area contributed by atoms with Crippen molar-refractivity contribution in [3.05, 3.63) is 71.7 Å². The molecule has 1 aromatic carbocycles. The second kappa shape index (κ2) is 6.97. The van der Waals surface area contributed by atoms with E-state index in [-0.39, 0.29) is 5.91 Å². The highest BCUT2D eigenvalue weighted by molar-refractivity contribution is 5.94. The molecule has 4 aromatic rings. The zero-order valence-corrected chi connectivity index (χ0v) is 15.8. The molecule has 144 valence electrons. The smallest absolute Gasteiger partial charge is 0.279 e. The number of benzene rings is 1. The van der Waals surface area contributed by atoms with E-state index in [2.05, 4.69) is 20.2 Å². The van der Waals surface area contributed by atoms with Crippen LogP contribution >= 0.6 is 0 Å². The molecule has 29 heavy (non-hydrogen) atoms. The summed E-state index contributed by atoms with van der Waals surface area (Å²) in [6, 6.07) is 13.1. The Kier molecular flexibility index (Phi) is 4.16. The Labute approximate surface area is 166 Å². The van der Waals surface area contributed by atoms with Crippen molar-refractivity contribution < 1.29 is 9.32 Å². The Balaban J connectivity index is 1.48. The Morgan fingerprint density at radius 3 is 2.69 bits per heavy atom. The maximum absolute atomic E-state index is 12.9. The first-order valence-electron chi connectivity index (χ1n) is 9.34. The number of hydrogen-bond acceptors (Lipinski definition) is 6. The first kappa shape index (κ1) is 17.3. The molecule has 1 aliphatic heterocycles. The van der Waals surface area contributed by atoms with E-state index in [9.17, 15) is 4.79 Å². The molecule has 0 unspecified atom stereocenters. The fraction of sp³-hybridized carbons (Fsp3) is 0.190. The van der Waals surface area contributed by atoms with Gasteiger partial charge >= 0.3 is 0 Å². The van der Waals surface area contributed by atoms with Gasteiger partial charge < -0.3 is 9.42 Å². The van der Waals surface area contributed by atoms with Crippen LogP contribution in [0.15, 0.2) is 59.4 Å². The van der Waals surface area contributed by atoms with Gasteiger partial charge in [-0.3, -0.25) is 14.5 Å². The van der Waals surface area contributed by atoms with Crippen molar-refractivity contribution in [2.45, 2.75) is 13.0 Å².